The summed E-state index contributed by atoms with van der Waals surface area (Å²) in [6.45, 7) is 7.66. The summed E-state index contributed by atoms with van der Waals surface area (Å²) in [6.07, 6.45) is 4.52. The average Bonchev–Trinajstić information content (AvgIpc) is 2.71. The summed E-state index contributed by atoms with van der Waals surface area (Å²) in [5, 5.41) is 6.62. The van der Waals surface area contributed by atoms with Crippen LogP contribution in [0.1, 0.15) is 32.6 Å². The molecule has 0 unspecified atom stereocenters. The van der Waals surface area contributed by atoms with Crippen LogP contribution in [0.2, 0.25) is 0 Å². The van der Waals surface area contributed by atoms with Gasteiger partial charge in [-0.05, 0) is 31.4 Å². The van der Waals surface area contributed by atoms with Crippen molar-refractivity contribution in [3.05, 3.63) is 30.3 Å². The maximum atomic E-state index is 5.54. The first-order chi connectivity index (χ1) is 13.3. The molecule has 6 nitrogen and oxygen atoms in total. The highest BCUT2D eigenvalue weighted by molar-refractivity contribution is 14.0. The highest BCUT2D eigenvalue weighted by Gasteiger charge is 2.00. The van der Waals surface area contributed by atoms with Crippen LogP contribution in [0, 0.1) is 0 Å². The SMILES string of the molecule is CCCCOCCOCCNC(=NC)NCCCCN(C)c1ccccc1.I. The fraction of sp³-hybridized carbons (Fsp3) is 0.667. The van der Waals surface area contributed by atoms with Gasteiger partial charge in [0.05, 0.1) is 19.8 Å². The van der Waals surface area contributed by atoms with Gasteiger partial charge in [0.25, 0.3) is 0 Å². The Morgan fingerprint density at radius 2 is 1.61 bits per heavy atom. The van der Waals surface area contributed by atoms with Gasteiger partial charge in [-0.15, -0.1) is 24.0 Å². The van der Waals surface area contributed by atoms with E-state index in [0.717, 1.165) is 51.5 Å². The highest BCUT2D eigenvalue weighted by atomic mass is 127. The second kappa shape index (κ2) is 19.3. The van der Waals surface area contributed by atoms with Crippen molar-refractivity contribution in [2.45, 2.75) is 32.6 Å². The van der Waals surface area contributed by atoms with E-state index in [0.29, 0.717) is 19.8 Å². The van der Waals surface area contributed by atoms with E-state index in [9.17, 15) is 0 Å². The van der Waals surface area contributed by atoms with E-state index in [2.05, 4.69) is 58.8 Å². The van der Waals surface area contributed by atoms with Gasteiger partial charge in [-0.25, -0.2) is 0 Å². The lowest BCUT2D eigenvalue weighted by Gasteiger charge is -2.19. The van der Waals surface area contributed by atoms with Crippen molar-refractivity contribution in [3.8, 4) is 0 Å². The minimum atomic E-state index is 0. The summed E-state index contributed by atoms with van der Waals surface area (Å²) in [4.78, 5) is 6.53. The molecular weight excluding hydrogens is 467 g/mol. The molecule has 0 aliphatic rings. The Morgan fingerprint density at radius 3 is 2.29 bits per heavy atom. The maximum Gasteiger partial charge on any atom is 0.191 e. The van der Waals surface area contributed by atoms with Crippen molar-refractivity contribution >= 4 is 35.6 Å². The molecule has 0 amide bonds. The zero-order chi connectivity index (χ0) is 19.6. The van der Waals surface area contributed by atoms with Crippen LogP contribution in [0.3, 0.4) is 0 Å². The number of aliphatic imine (C=N–C) groups is 1. The minimum Gasteiger partial charge on any atom is -0.379 e. The molecule has 0 spiro atoms. The van der Waals surface area contributed by atoms with Gasteiger partial charge < -0.3 is 25.0 Å². The van der Waals surface area contributed by atoms with E-state index in [1.165, 1.54) is 12.1 Å². The van der Waals surface area contributed by atoms with Crippen LogP contribution in [0.4, 0.5) is 5.69 Å². The van der Waals surface area contributed by atoms with Gasteiger partial charge in [-0.3, -0.25) is 4.99 Å². The molecule has 1 aromatic rings. The number of halogens is 1. The van der Waals surface area contributed by atoms with Crippen molar-refractivity contribution in [2.75, 3.05) is 65.1 Å². The number of para-hydroxylation sites is 1. The molecule has 0 aliphatic carbocycles. The molecule has 0 aromatic heterocycles. The van der Waals surface area contributed by atoms with Crippen LogP contribution >= 0.6 is 24.0 Å². The summed E-state index contributed by atoms with van der Waals surface area (Å²) < 4.78 is 11.0. The van der Waals surface area contributed by atoms with Gasteiger partial charge >= 0.3 is 0 Å². The molecule has 0 atom stereocenters. The molecule has 0 bridgehead atoms. The number of guanidine groups is 1. The fourth-order valence-electron chi connectivity index (χ4n) is 2.52. The summed E-state index contributed by atoms with van der Waals surface area (Å²) in [5.74, 6) is 0.828. The van der Waals surface area contributed by atoms with Crippen LogP contribution in [-0.4, -0.2) is 66.1 Å². The summed E-state index contributed by atoms with van der Waals surface area (Å²) in [7, 11) is 3.93. The molecule has 28 heavy (non-hydrogen) atoms. The predicted molar refractivity (Wildman–Crippen MR) is 130 cm³/mol. The standard InChI is InChI=1S/C21H38N4O2.HI/c1-4-5-16-26-18-19-27-17-14-24-21(22-2)23-13-9-10-15-25(3)20-11-7-6-8-12-20;/h6-8,11-12H,4-5,9-10,13-19H2,1-3H3,(H2,22,23,24);1H. The van der Waals surface area contributed by atoms with E-state index in [4.69, 9.17) is 9.47 Å². The minimum absolute atomic E-state index is 0. The molecule has 0 saturated carbocycles. The van der Waals surface area contributed by atoms with Crippen LogP contribution < -0.4 is 15.5 Å². The smallest absolute Gasteiger partial charge is 0.191 e. The molecule has 1 aromatic carbocycles. The van der Waals surface area contributed by atoms with Crippen molar-refractivity contribution in [1.29, 1.82) is 0 Å². The fourth-order valence-corrected chi connectivity index (χ4v) is 2.52. The molecule has 1 rings (SSSR count). The number of nitrogens with zero attached hydrogens (tertiary/aromatic N) is 2. The molecule has 2 N–H and O–H groups in total. The monoisotopic (exact) mass is 506 g/mol. The number of benzene rings is 1. The Labute approximate surface area is 188 Å². The molecule has 0 aliphatic heterocycles. The second-order valence-electron chi connectivity index (χ2n) is 6.47. The number of hydrogen-bond donors (Lipinski definition) is 2. The van der Waals surface area contributed by atoms with Crippen molar-refractivity contribution < 1.29 is 9.47 Å². The number of nitrogens with one attached hydrogen (secondary N) is 2. The average molecular weight is 506 g/mol. The number of ether oxygens (including phenoxy) is 2. The van der Waals surface area contributed by atoms with E-state index < -0.39 is 0 Å². The molecule has 0 fully saturated rings. The number of hydrogen-bond acceptors (Lipinski definition) is 4. The van der Waals surface area contributed by atoms with Gasteiger partial charge in [-0.2, -0.15) is 0 Å². The largest absolute Gasteiger partial charge is 0.379 e. The third kappa shape index (κ3) is 14.0. The quantitative estimate of drug-likeness (QED) is 0.165. The lowest BCUT2D eigenvalue weighted by atomic mass is 10.2. The molecule has 0 heterocycles. The van der Waals surface area contributed by atoms with Gasteiger partial charge in [0, 0.05) is 46.0 Å². The Hall–Kier alpha value is -1.06. The van der Waals surface area contributed by atoms with Crippen LogP contribution in [0.25, 0.3) is 0 Å². The Kier molecular flexibility index (Phi) is 18.5. The van der Waals surface area contributed by atoms with Gasteiger partial charge in [-0.1, -0.05) is 31.5 Å². The van der Waals surface area contributed by atoms with E-state index in [-0.39, 0.29) is 24.0 Å². The lowest BCUT2D eigenvalue weighted by molar-refractivity contribution is 0.0487. The number of unbranched alkanes of at least 4 members (excludes halogenated alkanes) is 2. The van der Waals surface area contributed by atoms with Gasteiger partial charge in [0.1, 0.15) is 0 Å². The predicted octanol–water partition coefficient (Wildman–Crippen LogP) is 3.52. The van der Waals surface area contributed by atoms with Crippen molar-refractivity contribution in [1.82, 2.24) is 10.6 Å². The number of anilines is 1. The maximum absolute atomic E-state index is 5.54. The zero-order valence-corrected chi connectivity index (χ0v) is 20.1. The van der Waals surface area contributed by atoms with Gasteiger partial charge in [0.15, 0.2) is 5.96 Å². The first-order valence-electron chi connectivity index (χ1n) is 10.1. The topological polar surface area (TPSA) is 58.1 Å². The first-order valence-corrected chi connectivity index (χ1v) is 10.1. The zero-order valence-electron chi connectivity index (χ0n) is 17.8. The molecular formula is C21H39IN4O2. The number of rotatable bonds is 15. The summed E-state index contributed by atoms with van der Waals surface area (Å²) in [6, 6.07) is 10.5. The highest BCUT2D eigenvalue weighted by Crippen LogP contribution is 2.11. The van der Waals surface area contributed by atoms with Crippen molar-refractivity contribution in [2.24, 2.45) is 4.99 Å². The second-order valence-corrected chi connectivity index (χ2v) is 6.47. The van der Waals surface area contributed by atoms with Crippen LogP contribution in [0.15, 0.2) is 35.3 Å². The Balaban J connectivity index is 0.00000729. The van der Waals surface area contributed by atoms with E-state index in [1.807, 2.05) is 6.07 Å². The first kappa shape index (κ1) is 26.9. The van der Waals surface area contributed by atoms with Crippen molar-refractivity contribution in [3.63, 3.8) is 0 Å². The summed E-state index contributed by atoms with van der Waals surface area (Å²) >= 11 is 0. The Bertz CT molecular complexity index is 489. The summed E-state index contributed by atoms with van der Waals surface area (Å²) in [5.41, 5.74) is 1.26. The molecule has 7 heteroatoms. The van der Waals surface area contributed by atoms with Crippen LogP contribution in [0.5, 0.6) is 0 Å². The Morgan fingerprint density at radius 1 is 0.929 bits per heavy atom. The molecule has 162 valence electrons. The van der Waals surface area contributed by atoms with E-state index in [1.54, 1.807) is 7.05 Å². The molecule has 0 radical (unpaired) electrons. The van der Waals surface area contributed by atoms with Gasteiger partial charge in [0.2, 0.25) is 0 Å². The van der Waals surface area contributed by atoms with Crippen LogP contribution in [-0.2, 0) is 9.47 Å². The third-order valence-corrected chi connectivity index (χ3v) is 4.19. The molecule has 0 saturated heterocycles. The normalized spacial score (nSPS) is 11.0. The lowest BCUT2D eigenvalue weighted by Crippen LogP contribution is -2.39. The van der Waals surface area contributed by atoms with E-state index >= 15 is 0 Å². The third-order valence-electron chi connectivity index (χ3n) is 4.19.